The van der Waals surface area contributed by atoms with Crippen LogP contribution in [0.4, 0.5) is 0 Å². The summed E-state index contributed by atoms with van der Waals surface area (Å²) < 4.78 is 6.96. The quantitative estimate of drug-likeness (QED) is 0.546. The molecule has 1 unspecified atom stereocenters. The third-order valence-corrected chi connectivity index (χ3v) is 12.6. The molecular weight excluding hydrogens is 284 g/mol. The molecule has 3 aliphatic carbocycles. The van der Waals surface area contributed by atoms with E-state index in [4.69, 9.17) is 4.43 Å². The molecular formula is C20H38OSi. The van der Waals surface area contributed by atoms with Gasteiger partial charge in [0.25, 0.3) is 0 Å². The molecule has 0 radical (unpaired) electrons. The molecule has 0 N–H and O–H groups in total. The van der Waals surface area contributed by atoms with Crippen LogP contribution in [0.5, 0.6) is 0 Å². The second-order valence-corrected chi connectivity index (χ2v) is 15.9. The lowest BCUT2D eigenvalue weighted by atomic mass is 9.69. The third-order valence-electron chi connectivity index (χ3n) is 8.09. The van der Waals surface area contributed by atoms with E-state index in [-0.39, 0.29) is 0 Å². The van der Waals surface area contributed by atoms with E-state index in [1.807, 2.05) is 0 Å². The maximum Gasteiger partial charge on any atom is 0.192 e. The van der Waals surface area contributed by atoms with Crippen LogP contribution in [0.25, 0.3) is 0 Å². The van der Waals surface area contributed by atoms with Crippen molar-refractivity contribution in [2.24, 2.45) is 28.6 Å². The van der Waals surface area contributed by atoms with E-state index in [1.54, 1.807) is 0 Å². The Labute approximate surface area is 139 Å². The zero-order chi connectivity index (χ0) is 16.6. The van der Waals surface area contributed by atoms with Gasteiger partial charge in [0.15, 0.2) is 8.32 Å². The van der Waals surface area contributed by atoms with Crippen molar-refractivity contribution in [1.82, 2.24) is 0 Å². The van der Waals surface area contributed by atoms with Crippen molar-refractivity contribution in [3.63, 3.8) is 0 Å². The number of hydrogen-bond acceptors (Lipinski definition) is 1. The van der Waals surface area contributed by atoms with E-state index in [9.17, 15) is 0 Å². The fourth-order valence-corrected chi connectivity index (χ4v) is 7.55. The minimum atomic E-state index is -1.64. The lowest BCUT2D eigenvalue weighted by Crippen LogP contribution is -2.46. The van der Waals surface area contributed by atoms with E-state index in [0.717, 1.165) is 17.8 Å². The molecule has 0 aromatic heterocycles. The van der Waals surface area contributed by atoms with Crippen LogP contribution in [-0.4, -0.2) is 14.4 Å². The van der Waals surface area contributed by atoms with Crippen LogP contribution in [0.15, 0.2) is 0 Å². The van der Waals surface area contributed by atoms with Crippen LogP contribution in [0.2, 0.25) is 18.1 Å². The van der Waals surface area contributed by atoms with Crippen LogP contribution < -0.4 is 0 Å². The first kappa shape index (κ1) is 17.0. The van der Waals surface area contributed by atoms with Gasteiger partial charge in [-0.1, -0.05) is 41.5 Å². The standard InChI is InChI=1S/C20H38OSi/c1-18(2,3)22(7,8)21-15-10-9-14-13-20(6)12-11-19(4,5)17(20)16(14)15/h14-17H,9-13H2,1-8H3/t14-,15?,16+,17-,20-/m1/s1. The Hall–Kier alpha value is 0.177. The van der Waals surface area contributed by atoms with Gasteiger partial charge in [-0.25, -0.2) is 0 Å². The highest BCUT2D eigenvalue weighted by atomic mass is 28.4. The molecule has 0 aliphatic heterocycles. The predicted molar refractivity (Wildman–Crippen MR) is 97.5 cm³/mol. The number of hydrogen-bond donors (Lipinski definition) is 0. The fraction of sp³-hybridized carbons (Fsp3) is 1.00. The maximum atomic E-state index is 6.96. The van der Waals surface area contributed by atoms with E-state index in [1.165, 1.54) is 32.1 Å². The summed E-state index contributed by atoms with van der Waals surface area (Å²) in [7, 11) is -1.64. The maximum absolute atomic E-state index is 6.96. The van der Waals surface area contributed by atoms with Gasteiger partial charge in [-0.3, -0.25) is 0 Å². The van der Waals surface area contributed by atoms with Gasteiger partial charge in [-0.15, -0.1) is 0 Å². The van der Waals surface area contributed by atoms with E-state index in [2.05, 4.69) is 54.6 Å². The fourth-order valence-electron chi connectivity index (χ4n) is 6.16. The average Bonchev–Trinajstić information content (AvgIpc) is 2.89. The summed E-state index contributed by atoms with van der Waals surface area (Å²) >= 11 is 0. The van der Waals surface area contributed by atoms with Crippen LogP contribution >= 0.6 is 0 Å². The van der Waals surface area contributed by atoms with Gasteiger partial charge in [-0.05, 0) is 78.8 Å². The molecule has 0 spiro atoms. The molecule has 1 nitrogen and oxygen atoms in total. The topological polar surface area (TPSA) is 9.23 Å². The van der Waals surface area contributed by atoms with E-state index in [0.29, 0.717) is 22.0 Å². The lowest BCUT2D eigenvalue weighted by Gasteiger charge is -2.43. The van der Waals surface area contributed by atoms with Crippen molar-refractivity contribution >= 4 is 8.32 Å². The zero-order valence-corrected chi connectivity index (χ0v) is 17.3. The summed E-state index contributed by atoms with van der Waals surface area (Å²) in [6.07, 6.45) is 7.64. The molecule has 5 atom stereocenters. The highest BCUT2D eigenvalue weighted by molar-refractivity contribution is 6.74. The predicted octanol–water partition coefficient (Wildman–Crippen LogP) is 6.25. The van der Waals surface area contributed by atoms with Crippen molar-refractivity contribution in [2.75, 3.05) is 0 Å². The lowest BCUT2D eigenvalue weighted by molar-refractivity contribution is 0.0455. The molecule has 3 rings (SSSR count). The first-order valence-electron chi connectivity index (χ1n) is 9.55. The van der Waals surface area contributed by atoms with Crippen molar-refractivity contribution in [2.45, 2.75) is 97.9 Å². The first-order valence-corrected chi connectivity index (χ1v) is 12.5. The molecule has 0 aromatic carbocycles. The molecule has 2 heteroatoms. The van der Waals surface area contributed by atoms with Gasteiger partial charge in [0.1, 0.15) is 0 Å². The summed E-state index contributed by atoms with van der Waals surface area (Å²) in [6.45, 7) is 19.7. The number of fused-ring (bicyclic) bond motifs is 3. The van der Waals surface area contributed by atoms with E-state index < -0.39 is 8.32 Å². The molecule has 3 fully saturated rings. The summed E-state index contributed by atoms with van der Waals surface area (Å²) in [5.41, 5.74) is 1.13. The summed E-state index contributed by atoms with van der Waals surface area (Å²) in [5, 5.41) is 0.332. The second kappa shape index (κ2) is 4.85. The molecule has 22 heavy (non-hydrogen) atoms. The van der Waals surface area contributed by atoms with Crippen LogP contribution in [-0.2, 0) is 4.43 Å². The van der Waals surface area contributed by atoms with Crippen molar-refractivity contribution in [1.29, 1.82) is 0 Å². The second-order valence-electron chi connectivity index (χ2n) is 11.2. The molecule has 0 aromatic rings. The van der Waals surface area contributed by atoms with Crippen LogP contribution in [0.3, 0.4) is 0 Å². The molecule has 0 heterocycles. The Morgan fingerprint density at radius 3 is 2.23 bits per heavy atom. The molecule has 3 aliphatic rings. The Morgan fingerprint density at radius 2 is 1.64 bits per heavy atom. The SMILES string of the molecule is CC1(C)CC[C@]2(C)C[C@H]3CCC(O[Si](C)(C)C(C)(C)C)[C@H]3[C@H]12. The van der Waals surface area contributed by atoms with Gasteiger partial charge < -0.3 is 4.43 Å². The minimum absolute atomic E-state index is 0.332. The largest absolute Gasteiger partial charge is 0.414 e. The molecule has 0 bridgehead atoms. The van der Waals surface area contributed by atoms with Crippen LogP contribution in [0, 0.1) is 28.6 Å². The summed E-state index contributed by atoms with van der Waals surface area (Å²) in [5.74, 6) is 2.68. The Bertz CT molecular complexity index is 447. The molecule has 128 valence electrons. The highest BCUT2D eigenvalue weighted by Gasteiger charge is 2.63. The summed E-state index contributed by atoms with van der Waals surface area (Å²) in [4.78, 5) is 0. The smallest absolute Gasteiger partial charge is 0.192 e. The molecule has 0 saturated heterocycles. The van der Waals surface area contributed by atoms with Crippen molar-refractivity contribution < 1.29 is 4.43 Å². The molecule has 0 amide bonds. The Kier molecular flexibility index (Phi) is 3.75. The first-order chi connectivity index (χ1) is 9.87. The van der Waals surface area contributed by atoms with Crippen LogP contribution in [0.1, 0.15) is 73.6 Å². The minimum Gasteiger partial charge on any atom is -0.414 e. The zero-order valence-electron chi connectivity index (χ0n) is 16.3. The Morgan fingerprint density at radius 1 is 1.00 bits per heavy atom. The third kappa shape index (κ3) is 2.44. The number of rotatable bonds is 2. The summed E-state index contributed by atoms with van der Waals surface area (Å²) in [6, 6.07) is 0. The molecule has 3 saturated carbocycles. The normalized spacial score (nSPS) is 44.2. The monoisotopic (exact) mass is 322 g/mol. The van der Waals surface area contributed by atoms with Gasteiger partial charge in [0.2, 0.25) is 0 Å². The van der Waals surface area contributed by atoms with Gasteiger partial charge in [-0.2, -0.15) is 0 Å². The van der Waals surface area contributed by atoms with Crippen molar-refractivity contribution in [3.05, 3.63) is 0 Å². The van der Waals surface area contributed by atoms with Gasteiger partial charge in [0, 0.05) is 6.10 Å². The van der Waals surface area contributed by atoms with Crippen molar-refractivity contribution in [3.8, 4) is 0 Å². The average molecular weight is 323 g/mol. The van der Waals surface area contributed by atoms with E-state index >= 15 is 0 Å². The highest BCUT2D eigenvalue weighted by Crippen LogP contribution is 2.69. The Balaban J connectivity index is 1.85. The van der Waals surface area contributed by atoms with Gasteiger partial charge in [0.05, 0.1) is 0 Å². The van der Waals surface area contributed by atoms with Gasteiger partial charge >= 0.3 is 0 Å².